The molecule has 0 aromatic heterocycles. The molecule has 0 spiro atoms. The van der Waals surface area contributed by atoms with Crippen LogP contribution in [0.15, 0.2) is 12.1 Å². The first-order chi connectivity index (χ1) is 9.47. The van der Waals surface area contributed by atoms with Crippen molar-refractivity contribution in [2.45, 2.75) is 25.4 Å². The molecular weight excluding hydrogens is 390 g/mol. The minimum Gasteiger partial charge on any atom is -0.322 e. The number of halogens is 1. The SMILES string of the molecule is O=C1CCC(N2Cc3c(I)cc(P)cc3C2=O)C(=O)N1. The highest BCUT2D eigenvalue weighted by molar-refractivity contribution is 14.1. The summed E-state index contributed by atoms with van der Waals surface area (Å²) < 4.78 is 1.02. The highest BCUT2D eigenvalue weighted by Gasteiger charge is 2.39. The van der Waals surface area contributed by atoms with Crippen molar-refractivity contribution in [2.24, 2.45) is 0 Å². The van der Waals surface area contributed by atoms with E-state index >= 15 is 0 Å². The van der Waals surface area contributed by atoms with Crippen molar-refractivity contribution in [3.63, 3.8) is 0 Å². The molecular formula is C13H12IN2O3P. The number of hydrogen-bond donors (Lipinski definition) is 1. The van der Waals surface area contributed by atoms with Crippen molar-refractivity contribution in [3.8, 4) is 0 Å². The Morgan fingerprint density at radius 3 is 2.75 bits per heavy atom. The third-order valence-electron chi connectivity index (χ3n) is 3.62. The molecule has 0 saturated carbocycles. The Bertz CT molecular complexity index is 647. The lowest BCUT2D eigenvalue weighted by atomic mass is 10.0. The standard InChI is InChI=1S/C13H12IN2O3P/c14-9-4-6(20)3-7-8(9)5-16(13(7)19)10-1-2-11(17)15-12(10)18/h3-4,10H,1-2,5,20H2,(H,15,17,18). The van der Waals surface area contributed by atoms with Crippen molar-refractivity contribution in [1.29, 1.82) is 0 Å². The molecule has 104 valence electrons. The van der Waals surface area contributed by atoms with Crippen molar-refractivity contribution < 1.29 is 14.4 Å². The van der Waals surface area contributed by atoms with Crippen molar-refractivity contribution in [1.82, 2.24) is 10.2 Å². The second kappa shape index (κ2) is 5.07. The third kappa shape index (κ3) is 2.24. The number of nitrogens with zero attached hydrogens (tertiary/aromatic N) is 1. The Kier molecular flexibility index (Phi) is 3.54. The Morgan fingerprint density at radius 2 is 2.05 bits per heavy atom. The van der Waals surface area contributed by atoms with Crippen LogP contribution >= 0.6 is 31.8 Å². The number of benzene rings is 1. The highest BCUT2D eigenvalue weighted by atomic mass is 127. The molecule has 2 aliphatic heterocycles. The van der Waals surface area contributed by atoms with Gasteiger partial charge in [-0.2, -0.15) is 0 Å². The normalized spacial score (nSPS) is 22.0. The number of carbonyl (C=O) groups is 3. The van der Waals surface area contributed by atoms with Gasteiger partial charge in [0.05, 0.1) is 0 Å². The van der Waals surface area contributed by atoms with E-state index in [0.29, 0.717) is 18.5 Å². The van der Waals surface area contributed by atoms with E-state index in [2.05, 4.69) is 37.1 Å². The predicted molar refractivity (Wildman–Crippen MR) is 84.5 cm³/mol. The summed E-state index contributed by atoms with van der Waals surface area (Å²) in [5.41, 5.74) is 1.62. The van der Waals surface area contributed by atoms with Gasteiger partial charge in [0.2, 0.25) is 11.8 Å². The van der Waals surface area contributed by atoms with Gasteiger partial charge in [-0.3, -0.25) is 19.7 Å². The number of nitrogens with one attached hydrogen (secondary N) is 1. The van der Waals surface area contributed by atoms with E-state index in [4.69, 9.17) is 0 Å². The van der Waals surface area contributed by atoms with Crippen LogP contribution in [0.5, 0.6) is 0 Å². The molecule has 2 unspecified atom stereocenters. The summed E-state index contributed by atoms with van der Waals surface area (Å²) in [5, 5.41) is 3.25. The van der Waals surface area contributed by atoms with Gasteiger partial charge in [-0.15, -0.1) is 9.24 Å². The first kappa shape index (κ1) is 13.9. The topological polar surface area (TPSA) is 66.5 Å². The number of rotatable bonds is 1. The van der Waals surface area contributed by atoms with E-state index in [0.717, 1.165) is 14.4 Å². The zero-order valence-electron chi connectivity index (χ0n) is 10.5. The fraction of sp³-hybridized carbons (Fsp3) is 0.308. The third-order valence-corrected chi connectivity index (χ3v) is 4.92. The van der Waals surface area contributed by atoms with E-state index in [1.54, 1.807) is 4.90 Å². The Balaban J connectivity index is 1.92. The molecule has 1 fully saturated rings. The molecule has 0 aliphatic carbocycles. The second-order valence-electron chi connectivity index (χ2n) is 4.93. The number of hydrogen-bond acceptors (Lipinski definition) is 3. The summed E-state index contributed by atoms with van der Waals surface area (Å²) in [4.78, 5) is 37.1. The van der Waals surface area contributed by atoms with E-state index in [1.165, 1.54) is 0 Å². The molecule has 2 atom stereocenters. The Labute approximate surface area is 131 Å². The lowest BCUT2D eigenvalue weighted by Crippen LogP contribution is -2.52. The van der Waals surface area contributed by atoms with Gasteiger partial charge in [-0.1, -0.05) is 0 Å². The van der Waals surface area contributed by atoms with E-state index in [1.807, 2.05) is 12.1 Å². The summed E-state index contributed by atoms with van der Waals surface area (Å²) in [6, 6.07) is 3.28. The lowest BCUT2D eigenvalue weighted by Gasteiger charge is -2.29. The first-order valence-electron chi connectivity index (χ1n) is 6.20. The quantitative estimate of drug-likeness (QED) is 0.424. The summed E-state index contributed by atoms with van der Waals surface area (Å²) >= 11 is 2.20. The van der Waals surface area contributed by atoms with Gasteiger partial charge in [0, 0.05) is 22.1 Å². The molecule has 7 heteroatoms. The van der Waals surface area contributed by atoms with Crippen LogP contribution in [0, 0.1) is 3.57 Å². The minimum absolute atomic E-state index is 0.128. The van der Waals surface area contributed by atoms with Gasteiger partial charge in [0.15, 0.2) is 0 Å². The Morgan fingerprint density at radius 1 is 1.30 bits per heavy atom. The molecule has 20 heavy (non-hydrogen) atoms. The molecule has 1 N–H and O–H groups in total. The first-order valence-corrected chi connectivity index (χ1v) is 7.85. The second-order valence-corrected chi connectivity index (χ2v) is 6.76. The van der Waals surface area contributed by atoms with Gasteiger partial charge >= 0.3 is 0 Å². The van der Waals surface area contributed by atoms with Gasteiger partial charge in [0.25, 0.3) is 5.91 Å². The van der Waals surface area contributed by atoms with Crippen LogP contribution < -0.4 is 10.6 Å². The van der Waals surface area contributed by atoms with E-state index in [-0.39, 0.29) is 24.1 Å². The highest BCUT2D eigenvalue weighted by Crippen LogP contribution is 2.30. The Hall–Kier alpha value is -1.01. The van der Waals surface area contributed by atoms with Crippen LogP contribution in [0.4, 0.5) is 0 Å². The van der Waals surface area contributed by atoms with Crippen molar-refractivity contribution in [3.05, 3.63) is 26.8 Å². The summed E-state index contributed by atoms with van der Waals surface area (Å²) in [7, 11) is 2.58. The van der Waals surface area contributed by atoms with Gasteiger partial charge < -0.3 is 4.90 Å². The lowest BCUT2D eigenvalue weighted by molar-refractivity contribution is -0.136. The number of piperidine rings is 1. The molecule has 5 nitrogen and oxygen atoms in total. The molecule has 0 radical (unpaired) electrons. The monoisotopic (exact) mass is 402 g/mol. The summed E-state index contributed by atoms with van der Waals surface area (Å²) in [6.07, 6.45) is 0.678. The zero-order chi connectivity index (χ0) is 14.4. The fourth-order valence-electron chi connectivity index (χ4n) is 2.64. The van der Waals surface area contributed by atoms with Crippen LogP contribution in [0.1, 0.15) is 28.8 Å². The van der Waals surface area contributed by atoms with Gasteiger partial charge in [-0.25, -0.2) is 0 Å². The van der Waals surface area contributed by atoms with Crippen LogP contribution in [0.25, 0.3) is 0 Å². The maximum absolute atomic E-state index is 12.5. The maximum Gasteiger partial charge on any atom is 0.255 e. The maximum atomic E-state index is 12.5. The van der Waals surface area contributed by atoms with Crippen LogP contribution in [-0.4, -0.2) is 28.7 Å². The number of imide groups is 1. The summed E-state index contributed by atoms with van der Waals surface area (Å²) in [6.45, 7) is 0.434. The molecule has 2 heterocycles. The molecule has 1 aromatic rings. The summed E-state index contributed by atoms with van der Waals surface area (Å²) in [5.74, 6) is -0.766. The largest absolute Gasteiger partial charge is 0.322 e. The van der Waals surface area contributed by atoms with Crippen LogP contribution in [0.2, 0.25) is 0 Å². The molecule has 1 aromatic carbocycles. The van der Waals surface area contributed by atoms with E-state index < -0.39 is 6.04 Å². The van der Waals surface area contributed by atoms with Crippen molar-refractivity contribution in [2.75, 3.05) is 0 Å². The molecule has 0 bridgehead atoms. The molecule has 3 rings (SSSR count). The number of carbonyl (C=O) groups excluding carboxylic acids is 3. The van der Waals surface area contributed by atoms with Gasteiger partial charge in [-0.05, 0) is 52.0 Å². The fourth-order valence-corrected chi connectivity index (χ4v) is 4.13. The smallest absolute Gasteiger partial charge is 0.255 e. The number of amides is 3. The van der Waals surface area contributed by atoms with Crippen LogP contribution in [0.3, 0.4) is 0 Å². The molecule has 3 amide bonds. The van der Waals surface area contributed by atoms with Crippen LogP contribution in [-0.2, 0) is 16.1 Å². The predicted octanol–water partition coefficient (Wildman–Crippen LogP) is 0.553. The molecule has 2 aliphatic rings. The number of fused-ring (bicyclic) bond motifs is 1. The van der Waals surface area contributed by atoms with E-state index in [9.17, 15) is 14.4 Å². The molecule has 1 saturated heterocycles. The average Bonchev–Trinajstić information content (AvgIpc) is 2.68. The van der Waals surface area contributed by atoms with Gasteiger partial charge in [0.1, 0.15) is 6.04 Å². The van der Waals surface area contributed by atoms with Crippen molar-refractivity contribution >= 4 is 54.9 Å². The average molecular weight is 402 g/mol. The zero-order valence-corrected chi connectivity index (χ0v) is 13.8. The minimum atomic E-state index is -0.545.